The van der Waals surface area contributed by atoms with Crippen molar-refractivity contribution in [1.82, 2.24) is 10.2 Å². The quantitative estimate of drug-likeness (QED) is 0.723. The number of hydrogen-bond donors (Lipinski definition) is 1. The standard InChI is InChI=1S/C13H28N2S/c1-5-16-9-7-12(3)15-8-6-13(14-4)11(2)10-15/h11-14H,5-10H2,1-4H3. The lowest BCUT2D eigenvalue weighted by Crippen LogP contribution is -2.50. The highest BCUT2D eigenvalue weighted by Crippen LogP contribution is 2.20. The van der Waals surface area contributed by atoms with Crippen molar-refractivity contribution in [2.45, 2.75) is 45.7 Å². The van der Waals surface area contributed by atoms with Crippen LogP contribution < -0.4 is 5.32 Å². The maximum absolute atomic E-state index is 3.43. The van der Waals surface area contributed by atoms with Crippen LogP contribution >= 0.6 is 11.8 Å². The van der Waals surface area contributed by atoms with Crippen LogP contribution in [0.25, 0.3) is 0 Å². The van der Waals surface area contributed by atoms with Gasteiger partial charge in [0.2, 0.25) is 0 Å². The van der Waals surface area contributed by atoms with Crippen LogP contribution in [0.5, 0.6) is 0 Å². The highest BCUT2D eigenvalue weighted by Gasteiger charge is 2.26. The van der Waals surface area contributed by atoms with Crippen LogP contribution in [0.4, 0.5) is 0 Å². The molecule has 0 spiro atoms. The molecule has 2 nitrogen and oxygen atoms in total. The van der Waals surface area contributed by atoms with Gasteiger partial charge in [-0.25, -0.2) is 0 Å². The lowest BCUT2D eigenvalue weighted by Gasteiger charge is -2.40. The Labute approximate surface area is 106 Å². The van der Waals surface area contributed by atoms with Crippen molar-refractivity contribution in [2.24, 2.45) is 5.92 Å². The van der Waals surface area contributed by atoms with Crippen LogP contribution in [0, 0.1) is 5.92 Å². The van der Waals surface area contributed by atoms with Gasteiger partial charge < -0.3 is 10.2 Å². The Morgan fingerprint density at radius 2 is 2.25 bits per heavy atom. The molecule has 3 unspecified atom stereocenters. The summed E-state index contributed by atoms with van der Waals surface area (Å²) in [6, 6.07) is 1.49. The van der Waals surface area contributed by atoms with E-state index in [2.05, 4.69) is 49.8 Å². The van der Waals surface area contributed by atoms with Gasteiger partial charge in [-0.2, -0.15) is 11.8 Å². The summed E-state index contributed by atoms with van der Waals surface area (Å²) in [5, 5.41) is 3.43. The van der Waals surface area contributed by atoms with E-state index in [0.29, 0.717) is 0 Å². The summed E-state index contributed by atoms with van der Waals surface area (Å²) in [6.45, 7) is 9.55. The Hall–Kier alpha value is 0.270. The van der Waals surface area contributed by atoms with Gasteiger partial charge >= 0.3 is 0 Å². The van der Waals surface area contributed by atoms with E-state index in [1.807, 2.05) is 0 Å². The van der Waals surface area contributed by atoms with Crippen LogP contribution in [0.15, 0.2) is 0 Å². The minimum absolute atomic E-state index is 0.730. The maximum atomic E-state index is 3.43. The monoisotopic (exact) mass is 244 g/mol. The molecule has 0 bridgehead atoms. The molecule has 0 aromatic rings. The first-order chi connectivity index (χ1) is 7.69. The summed E-state index contributed by atoms with van der Waals surface area (Å²) in [5.41, 5.74) is 0. The molecule has 0 aliphatic carbocycles. The number of nitrogens with one attached hydrogen (secondary N) is 1. The molecule has 0 amide bonds. The molecule has 3 atom stereocenters. The second-order valence-electron chi connectivity index (χ2n) is 4.99. The normalized spacial score (nSPS) is 29.2. The van der Waals surface area contributed by atoms with Crippen LogP contribution in [-0.2, 0) is 0 Å². The SMILES string of the molecule is CCSCCC(C)N1CCC(NC)C(C)C1. The average Bonchev–Trinajstić information content (AvgIpc) is 2.29. The van der Waals surface area contributed by atoms with Crippen molar-refractivity contribution in [3.05, 3.63) is 0 Å². The van der Waals surface area contributed by atoms with E-state index >= 15 is 0 Å². The van der Waals surface area contributed by atoms with E-state index in [9.17, 15) is 0 Å². The molecule has 1 aliphatic heterocycles. The van der Waals surface area contributed by atoms with Crippen molar-refractivity contribution in [3.63, 3.8) is 0 Å². The third-order valence-corrected chi connectivity index (χ3v) is 4.75. The number of nitrogens with zero attached hydrogens (tertiary/aromatic N) is 1. The maximum Gasteiger partial charge on any atom is 0.0114 e. The predicted octanol–water partition coefficient (Wildman–Crippen LogP) is 2.45. The number of rotatable bonds is 6. The zero-order valence-electron chi connectivity index (χ0n) is 11.3. The Bertz CT molecular complexity index is 187. The smallest absolute Gasteiger partial charge is 0.0114 e. The van der Waals surface area contributed by atoms with Crippen molar-refractivity contribution in [3.8, 4) is 0 Å². The average molecular weight is 244 g/mol. The molecular weight excluding hydrogens is 216 g/mol. The Morgan fingerprint density at radius 3 is 2.81 bits per heavy atom. The van der Waals surface area contributed by atoms with E-state index in [1.54, 1.807) is 0 Å². The molecule has 0 aromatic carbocycles. The Balaban J connectivity index is 2.27. The first kappa shape index (κ1) is 14.3. The summed E-state index contributed by atoms with van der Waals surface area (Å²) in [7, 11) is 2.10. The molecule has 16 heavy (non-hydrogen) atoms. The van der Waals surface area contributed by atoms with Gasteiger partial charge in [0.05, 0.1) is 0 Å². The minimum Gasteiger partial charge on any atom is -0.317 e. The summed E-state index contributed by atoms with van der Waals surface area (Å²) in [6.07, 6.45) is 2.65. The fourth-order valence-corrected chi connectivity index (χ4v) is 3.38. The molecular formula is C13H28N2S. The molecule has 1 aliphatic rings. The van der Waals surface area contributed by atoms with E-state index in [-0.39, 0.29) is 0 Å². The van der Waals surface area contributed by atoms with Crippen LogP contribution in [0.2, 0.25) is 0 Å². The van der Waals surface area contributed by atoms with E-state index < -0.39 is 0 Å². The Morgan fingerprint density at radius 1 is 1.50 bits per heavy atom. The zero-order valence-corrected chi connectivity index (χ0v) is 12.1. The van der Waals surface area contributed by atoms with Gasteiger partial charge in [0, 0.05) is 18.6 Å². The fourth-order valence-electron chi connectivity index (χ4n) is 2.59. The molecule has 0 radical (unpaired) electrons. The molecule has 0 saturated carbocycles. The summed E-state index contributed by atoms with van der Waals surface area (Å²) >= 11 is 2.07. The van der Waals surface area contributed by atoms with Crippen LogP contribution in [0.1, 0.15) is 33.6 Å². The zero-order chi connectivity index (χ0) is 12.0. The second kappa shape index (κ2) is 7.57. The number of thioether (sulfide) groups is 1. The topological polar surface area (TPSA) is 15.3 Å². The highest BCUT2D eigenvalue weighted by atomic mass is 32.2. The number of likely N-dealkylation sites (tertiary alicyclic amines) is 1. The third kappa shape index (κ3) is 4.27. The van der Waals surface area contributed by atoms with Gasteiger partial charge in [-0.1, -0.05) is 13.8 Å². The van der Waals surface area contributed by atoms with Gasteiger partial charge in [-0.05, 0) is 50.8 Å². The lowest BCUT2D eigenvalue weighted by molar-refractivity contribution is 0.112. The molecule has 1 heterocycles. The summed E-state index contributed by atoms with van der Waals surface area (Å²) in [5.74, 6) is 3.36. The third-order valence-electron chi connectivity index (χ3n) is 3.81. The fraction of sp³-hybridized carbons (Fsp3) is 1.00. The molecule has 1 fully saturated rings. The predicted molar refractivity (Wildman–Crippen MR) is 75.3 cm³/mol. The molecule has 0 aromatic heterocycles. The largest absolute Gasteiger partial charge is 0.317 e. The summed E-state index contributed by atoms with van der Waals surface area (Å²) < 4.78 is 0. The molecule has 1 saturated heterocycles. The van der Waals surface area contributed by atoms with Crippen LogP contribution in [0.3, 0.4) is 0 Å². The second-order valence-corrected chi connectivity index (χ2v) is 6.38. The lowest BCUT2D eigenvalue weighted by atomic mass is 9.93. The van der Waals surface area contributed by atoms with Crippen molar-refractivity contribution < 1.29 is 0 Å². The van der Waals surface area contributed by atoms with Gasteiger partial charge in [0.1, 0.15) is 0 Å². The minimum atomic E-state index is 0.730. The first-order valence-electron chi connectivity index (χ1n) is 6.68. The molecule has 96 valence electrons. The molecule has 3 heteroatoms. The number of hydrogen-bond acceptors (Lipinski definition) is 3. The van der Waals surface area contributed by atoms with Gasteiger partial charge in [0.15, 0.2) is 0 Å². The molecule has 1 N–H and O–H groups in total. The van der Waals surface area contributed by atoms with E-state index in [1.165, 1.54) is 37.4 Å². The first-order valence-corrected chi connectivity index (χ1v) is 7.83. The van der Waals surface area contributed by atoms with E-state index in [4.69, 9.17) is 0 Å². The van der Waals surface area contributed by atoms with Crippen LogP contribution in [-0.4, -0.2) is 48.6 Å². The van der Waals surface area contributed by atoms with Gasteiger partial charge in [0.25, 0.3) is 0 Å². The van der Waals surface area contributed by atoms with Crippen molar-refractivity contribution in [2.75, 3.05) is 31.6 Å². The van der Waals surface area contributed by atoms with Crippen molar-refractivity contribution in [1.29, 1.82) is 0 Å². The van der Waals surface area contributed by atoms with E-state index in [0.717, 1.165) is 18.0 Å². The Kier molecular flexibility index (Phi) is 6.78. The molecule has 1 rings (SSSR count). The summed E-state index contributed by atoms with van der Waals surface area (Å²) in [4.78, 5) is 2.68. The van der Waals surface area contributed by atoms with Gasteiger partial charge in [-0.3, -0.25) is 0 Å². The van der Waals surface area contributed by atoms with Gasteiger partial charge in [-0.15, -0.1) is 0 Å². The number of piperidine rings is 1. The van der Waals surface area contributed by atoms with Crippen molar-refractivity contribution >= 4 is 11.8 Å². The highest BCUT2D eigenvalue weighted by molar-refractivity contribution is 7.99.